The Balaban J connectivity index is 1.97. The molecule has 3 rings (SSSR count). The van der Waals surface area contributed by atoms with Gasteiger partial charge in [0.1, 0.15) is 6.61 Å². The number of aliphatic imine (C=N–C) groups is 1. The third-order valence-electron chi connectivity index (χ3n) is 3.11. The van der Waals surface area contributed by atoms with Crippen LogP contribution >= 0.6 is 0 Å². The highest BCUT2D eigenvalue weighted by Crippen LogP contribution is 2.26. The van der Waals surface area contributed by atoms with E-state index in [0.717, 1.165) is 16.8 Å². The van der Waals surface area contributed by atoms with E-state index in [2.05, 4.69) is 4.99 Å². The molecule has 0 aliphatic carbocycles. The largest absolute Gasteiger partial charge is 0.472 e. The monoisotopic (exact) mass is 287 g/mol. The van der Waals surface area contributed by atoms with Crippen molar-refractivity contribution in [3.8, 4) is 0 Å². The minimum Gasteiger partial charge on any atom is -0.472 e. The molecule has 4 nitrogen and oxygen atoms in total. The number of ether oxygens (including phenoxy) is 1. The summed E-state index contributed by atoms with van der Waals surface area (Å²) >= 11 is 0. The summed E-state index contributed by atoms with van der Waals surface area (Å²) in [5.41, 5.74) is 2.71. The molecule has 0 fully saturated rings. The van der Waals surface area contributed by atoms with Crippen LogP contribution in [0.15, 0.2) is 58.4 Å². The van der Waals surface area contributed by atoms with Crippen LogP contribution < -0.4 is 0 Å². The second-order valence-corrected chi connectivity index (χ2v) is 6.65. The van der Waals surface area contributed by atoms with Gasteiger partial charge in [-0.3, -0.25) is 0 Å². The van der Waals surface area contributed by atoms with Gasteiger partial charge in [-0.15, -0.1) is 0 Å². The van der Waals surface area contributed by atoms with Crippen molar-refractivity contribution < 1.29 is 13.2 Å². The molecule has 0 spiro atoms. The number of hydrogen-bond acceptors (Lipinski definition) is 4. The predicted molar refractivity (Wildman–Crippen MR) is 77.0 cm³/mol. The summed E-state index contributed by atoms with van der Waals surface area (Å²) in [4.78, 5) is 4.74. The Bertz CT molecular complexity index is 777. The number of sulfone groups is 1. The van der Waals surface area contributed by atoms with Gasteiger partial charge in [0, 0.05) is 17.4 Å². The van der Waals surface area contributed by atoms with E-state index >= 15 is 0 Å². The molecule has 102 valence electrons. The molecule has 2 aromatic rings. The summed E-state index contributed by atoms with van der Waals surface area (Å²) in [5, 5.41) is 0. The number of fused-ring (bicyclic) bond motifs is 1. The first-order valence-electron chi connectivity index (χ1n) is 6.14. The van der Waals surface area contributed by atoms with Crippen LogP contribution in [0.2, 0.25) is 0 Å². The molecular formula is C15H13NO3S. The SMILES string of the molecule is CS(=O)(=O)c1ccc(C2=Nc3ccccc3CO2)cc1. The van der Waals surface area contributed by atoms with Gasteiger partial charge in [-0.25, -0.2) is 13.4 Å². The van der Waals surface area contributed by atoms with Crippen LogP contribution in [-0.4, -0.2) is 20.6 Å². The van der Waals surface area contributed by atoms with E-state index < -0.39 is 9.84 Å². The molecule has 0 saturated heterocycles. The lowest BCUT2D eigenvalue weighted by Crippen LogP contribution is -2.11. The average molecular weight is 287 g/mol. The molecule has 1 aliphatic heterocycles. The Kier molecular flexibility index (Phi) is 3.06. The maximum absolute atomic E-state index is 11.4. The molecule has 0 aromatic heterocycles. The summed E-state index contributed by atoms with van der Waals surface area (Å²) < 4.78 is 28.5. The number of rotatable bonds is 2. The van der Waals surface area contributed by atoms with Crippen LogP contribution in [0.4, 0.5) is 5.69 Å². The molecular weight excluding hydrogens is 274 g/mol. The topological polar surface area (TPSA) is 55.7 Å². The van der Waals surface area contributed by atoms with Crippen LogP contribution in [-0.2, 0) is 21.2 Å². The summed E-state index contributed by atoms with van der Waals surface area (Å²) in [6.07, 6.45) is 1.19. The van der Waals surface area contributed by atoms with E-state index in [4.69, 9.17) is 4.74 Å². The van der Waals surface area contributed by atoms with Crippen molar-refractivity contribution in [3.63, 3.8) is 0 Å². The molecule has 20 heavy (non-hydrogen) atoms. The van der Waals surface area contributed by atoms with Crippen molar-refractivity contribution in [2.45, 2.75) is 11.5 Å². The third-order valence-corrected chi connectivity index (χ3v) is 4.24. The first-order chi connectivity index (χ1) is 9.54. The minimum atomic E-state index is -3.18. The molecule has 0 radical (unpaired) electrons. The molecule has 0 saturated carbocycles. The Labute approximate surface area is 117 Å². The van der Waals surface area contributed by atoms with Gasteiger partial charge < -0.3 is 4.74 Å². The molecule has 0 atom stereocenters. The first kappa shape index (κ1) is 12.9. The molecule has 2 aromatic carbocycles. The highest BCUT2D eigenvalue weighted by Gasteiger charge is 2.15. The zero-order valence-corrected chi connectivity index (χ0v) is 11.7. The van der Waals surface area contributed by atoms with Crippen LogP contribution in [0.5, 0.6) is 0 Å². The summed E-state index contributed by atoms with van der Waals surface area (Å²) in [6.45, 7) is 0.475. The van der Waals surface area contributed by atoms with Gasteiger partial charge in [-0.1, -0.05) is 18.2 Å². The summed E-state index contributed by atoms with van der Waals surface area (Å²) in [7, 11) is -3.18. The van der Waals surface area contributed by atoms with Gasteiger partial charge in [0.2, 0.25) is 5.90 Å². The van der Waals surface area contributed by atoms with E-state index in [9.17, 15) is 8.42 Å². The lowest BCUT2D eigenvalue weighted by molar-refractivity contribution is 0.288. The normalized spacial score (nSPS) is 14.2. The van der Waals surface area contributed by atoms with Crippen molar-refractivity contribution in [1.29, 1.82) is 0 Å². The molecule has 0 N–H and O–H groups in total. The van der Waals surface area contributed by atoms with Crippen LogP contribution in [0.1, 0.15) is 11.1 Å². The molecule has 0 amide bonds. The zero-order chi connectivity index (χ0) is 14.2. The van der Waals surface area contributed by atoms with Crippen LogP contribution in [0, 0.1) is 0 Å². The fraction of sp³-hybridized carbons (Fsp3) is 0.133. The predicted octanol–water partition coefficient (Wildman–Crippen LogP) is 2.70. The molecule has 5 heteroatoms. The van der Waals surface area contributed by atoms with Gasteiger partial charge in [0.15, 0.2) is 9.84 Å². The Hall–Kier alpha value is -2.14. The van der Waals surface area contributed by atoms with Crippen molar-refractivity contribution in [1.82, 2.24) is 0 Å². The van der Waals surface area contributed by atoms with E-state index in [-0.39, 0.29) is 4.90 Å². The number of hydrogen-bond donors (Lipinski definition) is 0. The second-order valence-electron chi connectivity index (χ2n) is 4.63. The fourth-order valence-electron chi connectivity index (χ4n) is 2.02. The highest BCUT2D eigenvalue weighted by molar-refractivity contribution is 7.90. The highest BCUT2D eigenvalue weighted by atomic mass is 32.2. The van der Waals surface area contributed by atoms with E-state index in [1.165, 1.54) is 6.26 Å². The van der Waals surface area contributed by atoms with Gasteiger partial charge in [0.25, 0.3) is 0 Å². The quantitative estimate of drug-likeness (QED) is 0.853. The number of nitrogens with zero attached hydrogens (tertiary/aromatic N) is 1. The third kappa shape index (κ3) is 2.44. The molecule has 0 bridgehead atoms. The zero-order valence-electron chi connectivity index (χ0n) is 10.9. The maximum Gasteiger partial charge on any atom is 0.221 e. The number of para-hydroxylation sites is 1. The van der Waals surface area contributed by atoms with Gasteiger partial charge in [0.05, 0.1) is 10.6 Å². The smallest absolute Gasteiger partial charge is 0.221 e. The second kappa shape index (κ2) is 4.76. The lowest BCUT2D eigenvalue weighted by Gasteiger charge is -2.16. The fourth-order valence-corrected chi connectivity index (χ4v) is 2.65. The molecule has 1 aliphatic rings. The number of benzene rings is 2. The lowest BCUT2D eigenvalue weighted by atomic mass is 10.1. The average Bonchev–Trinajstić information content (AvgIpc) is 2.46. The first-order valence-corrected chi connectivity index (χ1v) is 8.03. The Morgan fingerprint density at radius 3 is 2.45 bits per heavy atom. The van der Waals surface area contributed by atoms with E-state index in [1.807, 2.05) is 24.3 Å². The molecule has 1 heterocycles. The van der Waals surface area contributed by atoms with Crippen molar-refractivity contribution >= 4 is 21.4 Å². The van der Waals surface area contributed by atoms with Crippen molar-refractivity contribution in [3.05, 3.63) is 59.7 Å². The van der Waals surface area contributed by atoms with E-state index in [1.54, 1.807) is 24.3 Å². The van der Waals surface area contributed by atoms with Crippen LogP contribution in [0.25, 0.3) is 0 Å². The minimum absolute atomic E-state index is 0.290. The summed E-state index contributed by atoms with van der Waals surface area (Å²) in [6, 6.07) is 14.3. The maximum atomic E-state index is 11.4. The van der Waals surface area contributed by atoms with E-state index in [0.29, 0.717) is 12.5 Å². The van der Waals surface area contributed by atoms with Crippen molar-refractivity contribution in [2.24, 2.45) is 4.99 Å². The Morgan fingerprint density at radius 2 is 1.75 bits per heavy atom. The van der Waals surface area contributed by atoms with Gasteiger partial charge in [-0.2, -0.15) is 0 Å². The van der Waals surface area contributed by atoms with Crippen LogP contribution in [0.3, 0.4) is 0 Å². The standard InChI is InChI=1S/C15H13NO3S/c1-20(17,18)13-8-6-11(7-9-13)15-16-14-5-3-2-4-12(14)10-19-15/h2-9H,10H2,1H3. The summed E-state index contributed by atoms with van der Waals surface area (Å²) in [5.74, 6) is 0.517. The van der Waals surface area contributed by atoms with Gasteiger partial charge in [-0.05, 0) is 30.3 Å². The molecule has 0 unspecified atom stereocenters. The Morgan fingerprint density at radius 1 is 1.05 bits per heavy atom. The van der Waals surface area contributed by atoms with Gasteiger partial charge >= 0.3 is 0 Å². The van der Waals surface area contributed by atoms with Crippen molar-refractivity contribution in [2.75, 3.05) is 6.26 Å².